The van der Waals surface area contributed by atoms with Crippen LogP contribution in [0, 0.1) is 11.8 Å². The maximum absolute atomic E-state index is 12.5. The summed E-state index contributed by atoms with van der Waals surface area (Å²) in [6, 6.07) is 9.36. The van der Waals surface area contributed by atoms with Crippen molar-refractivity contribution < 1.29 is 9.53 Å². The topological polar surface area (TPSA) is 41.6 Å². The highest BCUT2D eigenvalue weighted by atomic mass is 16.5. The molecule has 26 heavy (non-hydrogen) atoms. The molecule has 2 aliphatic rings. The van der Waals surface area contributed by atoms with E-state index in [1.165, 1.54) is 11.1 Å². The van der Waals surface area contributed by atoms with Crippen molar-refractivity contribution in [3.8, 4) is 0 Å². The third-order valence-corrected chi connectivity index (χ3v) is 5.52. The van der Waals surface area contributed by atoms with Crippen LogP contribution in [-0.4, -0.2) is 43.2 Å². The van der Waals surface area contributed by atoms with Crippen molar-refractivity contribution in [1.29, 1.82) is 0 Å². The smallest absolute Gasteiger partial charge is 0.223 e. The standard InChI is InChI=1S/C22H34N2O2/c1-17(2)14-18-5-7-19(8-6-18)15-24-11-3-4-21(16-24)23-22(25)20-9-12-26-13-10-20/h5-8,17,20-21H,3-4,9-16H2,1-2H3,(H,23,25). The zero-order valence-corrected chi connectivity index (χ0v) is 16.4. The van der Waals surface area contributed by atoms with Crippen molar-refractivity contribution in [2.45, 2.75) is 58.5 Å². The summed E-state index contributed by atoms with van der Waals surface area (Å²) in [6.45, 7) is 9.03. The molecule has 1 aromatic carbocycles. The van der Waals surface area contributed by atoms with Gasteiger partial charge in [-0.25, -0.2) is 0 Å². The zero-order valence-electron chi connectivity index (χ0n) is 16.4. The number of piperidine rings is 1. The molecular weight excluding hydrogens is 324 g/mol. The quantitative estimate of drug-likeness (QED) is 0.847. The van der Waals surface area contributed by atoms with Crippen LogP contribution in [0.3, 0.4) is 0 Å². The molecule has 2 fully saturated rings. The first-order valence-corrected chi connectivity index (χ1v) is 10.3. The predicted octanol–water partition coefficient (Wildman–Crippen LogP) is 3.39. The van der Waals surface area contributed by atoms with Gasteiger partial charge in [-0.1, -0.05) is 38.1 Å². The van der Waals surface area contributed by atoms with Crippen molar-refractivity contribution in [2.75, 3.05) is 26.3 Å². The number of rotatable bonds is 6. The third-order valence-electron chi connectivity index (χ3n) is 5.52. The fourth-order valence-electron chi connectivity index (χ4n) is 4.11. The summed E-state index contributed by atoms with van der Waals surface area (Å²) >= 11 is 0. The van der Waals surface area contributed by atoms with Gasteiger partial charge in [-0.15, -0.1) is 0 Å². The Bertz CT molecular complexity index is 564. The summed E-state index contributed by atoms with van der Waals surface area (Å²) < 4.78 is 5.36. The molecule has 144 valence electrons. The van der Waals surface area contributed by atoms with Gasteiger partial charge in [0.25, 0.3) is 0 Å². The molecule has 1 aromatic rings. The Kier molecular flexibility index (Phi) is 7.09. The third kappa shape index (κ3) is 5.82. The van der Waals surface area contributed by atoms with Gasteiger partial charge >= 0.3 is 0 Å². The lowest BCUT2D eigenvalue weighted by molar-refractivity contribution is -0.129. The number of nitrogens with zero attached hydrogens (tertiary/aromatic N) is 1. The second kappa shape index (κ2) is 9.52. The van der Waals surface area contributed by atoms with Crippen LogP contribution in [0.4, 0.5) is 0 Å². The van der Waals surface area contributed by atoms with Crippen molar-refractivity contribution in [3.05, 3.63) is 35.4 Å². The zero-order chi connectivity index (χ0) is 18.4. The van der Waals surface area contributed by atoms with Crippen molar-refractivity contribution in [3.63, 3.8) is 0 Å². The van der Waals surface area contributed by atoms with Crippen molar-refractivity contribution in [1.82, 2.24) is 10.2 Å². The average molecular weight is 359 g/mol. The average Bonchev–Trinajstić information content (AvgIpc) is 2.64. The van der Waals surface area contributed by atoms with E-state index in [0.717, 1.165) is 65.0 Å². The van der Waals surface area contributed by atoms with Crippen LogP contribution >= 0.6 is 0 Å². The molecule has 0 aromatic heterocycles. The Hall–Kier alpha value is -1.39. The molecule has 0 saturated carbocycles. The fourth-order valence-corrected chi connectivity index (χ4v) is 4.11. The van der Waals surface area contributed by atoms with Crippen LogP contribution in [0.15, 0.2) is 24.3 Å². The minimum Gasteiger partial charge on any atom is -0.381 e. The Morgan fingerprint density at radius 2 is 1.85 bits per heavy atom. The van der Waals surface area contributed by atoms with Crippen LogP contribution in [-0.2, 0) is 22.5 Å². The molecular formula is C22H34N2O2. The van der Waals surface area contributed by atoms with E-state index in [2.05, 4.69) is 48.3 Å². The number of amides is 1. The predicted molar refractivity (Wildman–Crippen MR) is 105 cm³/mol. The number of carbonyl (C=O) groups is 1. The maximum atomic E-state index is 12.5. The molecule has 3 rings (SSSR count). The summed E-state index contributed by atoms with van der Waals surface area (Å²) in [5.41, 5.74) is 2.79. The van der Waals surface area contributed by atoms with E-state index < -0.39 is 0 Å². The molecule has 0 radical (unpaired) electrons. The summed E-state index contributed by atoms with van der Waals surface area (Å²) in [7, 11) is 0. The van der Waals surface area contributed by atoms with Gasteiger partial charge in [0.15, 0.2) is 0 Å². The minimum absolute atomic E-state index is 0.146. The van der Waals surface area contributed by atoms with Crippen LogP contribution in [0.5, 0.6) is 0 Å². The molecule has 0 spiro atoms. The van der Waals surface area contributed by atoms with Gasteiger partial charge in [0.1, 0.15) is 0 Å². The van der Waals surface area contributed by atoms with Gasteiger partial charge in [0, 0.05) is 38.3 Å². The summed E-state index contributed by atoms with van der Waals surface area (Å²) in [5, 5.41) is 3.30. The number of likely N-dealkylation sites (tertiary alicyclic amines) is 1. The second-order valence-electron chi connectivity index (χ2n) is 8.38. The molecule has 2 aliphatic heterocycles. The van der Waals surface area contributed by atoms with Crippen molar-refractivity contribution >= 4 is 5.91 Å². The van der Waals surface area contributed by atoms with E-state index in [9.17, 15) is 4.79 Å². The lowest BCUT2D eigenvalue weighted by atomic mass is 9.97. The van der Waals surface area contributed by atoms with Crippen LogP contribution in [0.2, 0.25) is 0 Å². The molecule has 2 saturated heterocycles. The largest absolute Gasteiger partial charge is 0.381 e. The highest BCUT2D eigenvalue weighted by molar-refractivity contribution is 5.79. The van der Waals surface area contributed by atoms with Crippen LogP contribution in [0.1, 0.15) is 50.7 Å². The van der Waals surface area contributed by atoms with E-state index in [-0.39, 0.29) is 11.8 Å². The molecule has 1 amide bonds. The minimum atomic E-state index is 0.146. The van der Waals surface area contributed by atoms with Gasteiger partial charge in [-0.05, 0) is 55.7 Å². The molecule has 4 nitrogen and oxygen atoms in total. The number of benzene rings is 1. The van der Waals surface area contributed by atoms with Gasteiger partial charge in [0.2, 0.25) is 5.91 Å². The number of carbonyl (C=O) groups excluding carboxylic acids is 1. The van der Waals surface area contributed by atoms with Gasteiger partial charge in [-0.2, -0.15) is 0 Å². The Labute approximate surface area is 158 Å². The number of ether oxygens (including phenoxy) is 1. The molecule has 4 heteroatoms. The summed E-state index contributed by atoms with van der Waals surface area (Å²) in [4.78, 5) is 15.0. The van der Waals surface area contributed by atoms with E-state index in [4.69, 9.17) is 4.74 Å². The summed E-state index contributed by atoms with van der Waals surface area (Å²) in [6.07, 6.45) is 5.13. The van der Waals surface area contributed by atoms with E-state index in [1.54, 1.807) is 0 Å². The van der Waals surface area contributed by atoms with Crippen LogP contribution in [0.25, 0.3) is 0 Å². The van der Waals surface area contributed by atoms with E-state index in [1.807, 2.05) is 0 Å². The first-order chi connectivity index (χ1) is 12.6. The first kappa shape index (κ1) is 19.4. The Balaban J connectivity index is 1.47. The molecule has 0 bridgehead atoms. The van der Waals surface area contributed by atoms with E-state index >= 15 is 0 Å². The van der Waals surface area contributed by atoms with Gasteiger partial charge < -0.3 is 10.1 Å². The first-order valence-electron chi connectivity index (χ1n) is 10.3. The molecule has 1 atom stereocenters. The number of nitrogens with one attached hydrogen (secondary N) is 1. The lowest BCUT2D eigenvalue weighted by Crippen LogP contribution is -2.49. The molecule has 2 heterocycles. The van der Waals surface area contributed by atoms with Crippen LogP contribution < -0.4 is 5.32 Å². The SMILES string of the molecule is CC(C)Cc1ccc(CN2CCCC(NC(=O)C3CCOCC3)C2)cc1. The lowest BCUT2D eigenvalue weighted by Gasteiger charge is -2.34. The van der Waals surface area contributed by atoms with Gasteiger partial charge in [-0.3, -0.25) is 9.69 Å². The highest BCUT2D eigenvalue weighted by Gasteiger charge is 2.26. The highest BCUT2D eigenvalue weighted by Crippen LogP contribution is 2.18. The molecule has 0 aliphatic carbocycles. The summed E-state index contributed by atoms with van der Waals surface area (Å²) in [5.74, 6) is 1.08. The normalized spacial score (nSPS) is 22.5. The number of hydrogen-bond donors (Lipinski definition) is 1. The fraction of sp³-hybridized carbons (Fsp3) is 0.682. The molecule has 1 N–H and O–H groups in total. The number of hydrogen-bond acceptors (Lipinski definition) is 3. The van der Waals surface area contributed by atoms with Gasteiger partial charge in [0.05, 0.1) is 0 Å². The second-order valence-corrected chi connectivity index (χ2v) is 8.38. The Morgan fingerprint density at radius 1 is 1.15 bits per heavy atom. The molecule has 1 unspecified atom stereocenters. The maximum Gasteiger partial charge on any atom is 0.223 e. The van der Waals surface area contributed by atoms with Crippen molar-refractivity contribution in [2.24, 2.45) is 11.8 Å². The monoisotopic (exact) mass is 358 g/mol. The Morgan fingerprint density at radius 3 is 2.54 bits per heavy atom. The van der Waals surface area contributed by atoms with E-state index in [0.29, 0.717) is 12.0 Å².